The first-order valence-corrected chi connectivity index (χ1v) is 9.92. The second-order valence-electron chi connectivity index (χ2n) is 7.13. The predicted octanol–water partition coefficient (Wildman–Crippen LogP) is 3.02. The molecule has 1 aliphatic heterocycles. The normalized spacial score (nSPS) is 14.0. The van der Waals surface area contributed by atoms with Gasteiger partial charge in [-0.1, -0.05) is 0 Å². The Morgan fingerprint density at radius 2 is 1.94 bits per heavy atom. The lowest BCUT2D eigenvalue weighted by Gasteiger charge is -2.28. The number of ether oxygens (including phenoxy) is 1. The third-order valence-corrected chi connectivity index (χ3v) is 5.02. The third-order valence-electron chi connectivity index (χ3n) is 5.02. The van der Waals surface area contributed by atoms with Crippen LogP contribution in [0.25, 0.3) is 11.0 Å². The van der Waals surface area contributed by atoms with Gasteiger partial charge in [0.15, 0.2) is 11.6 Å². The summed E-state index contributed by atoms with van der Waals surface area (Å²) in [7, 11) is 0. The summed E-state index contributed by atoms with van der Waals surface area (Å²) in [5.41, 5.74) is 7.09. The number of hydrogen-bond donors (Lipinski definition) is 4. The van der Waals surface area contributed by atoms with E-state index in [0.717, 1.165) is 37.4 Å². The number of aromatic nitrogens is 4. The average Bonchev–Trinajstić information content (AvgIpc) is 3.26. The number of hydrogen-bond acceptors (Lipinski definition) is 8. The van der Waals surface area contributed by atoms with E-state index in [1.54, 1.807) is 30.6 Å². The smallest absolute Gasteiger partial charge is 0.223 e. The number of nitrogens with two attached hydrogens (primary N) is 1. The SMILES string of the molecule is Nc1nc(Nc2ccc(Oc3ccnc4[nH]ccc34)c(F)c2)cc(N2CCNCC2)n1. The van der Waals surface area contributed by atoms with Gasteiger partial charge in [-0.3, -0.25) is 0 Å². The molecule has 0 saturated carbocycles. The Labute approximate surface area is 177 Å². The first-order chi connectivity index (χ1) is 15.2. The van der Waals surface area contributed by atoms with E-state index in [0.29, 0.717) is 22.9 Å². The number of nitrogens with one attached hydrogen (secondary N) is 3. The molecule has 10 heteroatoms. The molecule has 3 aromatic heterocycles. The van der Waals surface area contributed by atoms with Crippen LogP contribution in [-0.4, -0.2) is 46.1 Å². The van der Waals surface area contributed by atoms with Gasteiger partial charge in [0.25, 0.3) is 0 Å². The molecule has 1 aliphatic rings. The van der Waals surface area contributed by atoms with E-state index in [2.05, 4.69) is 35.5 Å². The highest BCUT2D eigenvalue weighted by atomic mass is 19.1. The molecule has 0 atom stereocenters. The van der Waals surface area contributed by atoms with Crippen molar-refractivity contribution in [3.05, 3.63) is 54.6 Å². The maximum atomic E-state index is 14.8. The Balaban J connectivity index is 1.36. The van der Waals surface area contributed by atoms with Gasteiger partial charge in [-0.2, -0.15) is 9.97 Å². The highest BCUT2D eigenvalue weighted by Gasteiger charge is 2.15. The highest BCUT2D eigenvalue weighted by molar-refractivity contribution is 5.82. The van der Waals surface area contributed by atoms with Gasteiger partial charge in [0.05, 0.1) is 5.39 Å². The Bertz CT molecular complexity index is 1220. The van der Waals surface area contributed by atoms with Crippen molar-refractivity contribution >= 4 is 34.3 Å². The lowest BCUT2D eigenvalue weighted by Crippen LogP contribution is -2.44. The molecule has 4 heterocycles. The molecule has 158 valence electrons. The number of anilines is 4. The van der Waals surface area contributed by atoms with E-state index in [-0.39, 0.29) is 11.7 Å². The van der Waals surface area contributed by atoms with E-state index >= 15 is 0 Å². The number of H-pyrrole nitrogens is 1. The quantitative estimate of drug-likeness (QED) is 0.389. The Morgan fingerprint density at radius 3 is 2.77 bits per heavy atom. The van der Waals surface area contributed by atoms with Gasteiger partial charge in [0, 0.05) is 56.4 Å². The zero-order valence-electron chi connectivity index (χ0n) is 16.6. The zero-order valence-corrected chi connectivity index (χ0v) is 16.6. The Morgan fingerprint density at radius 1 is 1.06 bits per heavy atom. The summed E-state index contributed by atoms with van der Waals surface area (Å²) in [4.78, 5) is 17.9. The van der Waals surface area contributed by atoms with Crippen molar-refractivity contribution in [3.63, 3.8) is 0 Å². The van der Waals surface area contributed by atoms with E-state index in [1.165, 1.54) is 6.07 Å². The molecule has 5 N–H and O–H groups in total. The Hall–Kier alpha value is -3.92. The van der Waals surface area contributed by atoms with Crippen molar-refractivity contribution in [2.75, 3.05) is 42.1 Å². The van der Waals surface area contributed by atoms with Gasteiger partial charge in [-0.15, -0.1) is 0 Å². The minimum absolute atomic E-state index is 0.114. The second-order valence-corrected chi connectivity index (χ2v) is 7.13. The van der Waals surface area contributed by atoms with Gasteiger partial charge in [0.1, 0.15) is 23.0 Å². The average molecular weight is 420 g/mol. The number of nitrogen functional groups attached to an aromatic ring is 1. The van der Waals surface area contributed by atoms with Crippen LogP contribution in [0.4, 0.5) is 27.7 Å². The lowest BCUT2D eigenvalue weighted by atomic mass is 10.2. The largest absolute Gasteiger partial charge is 0.453 e. The van der Waals surface area contributed by atoms with Crippen molar-refractivity contribution in [1.82, 2.24) is 25.3 Å². The summed E-state index contributed by atoms with van der Waals surface area (Å²) < 4.78 is 20.5. The summed E-state index contributed by atoms with van der Waals surface area (Å²) in [5, 5.41) is 7.18. The number of benzene rings is 1. The molecule has 0 radical (unpaired) electrons. The monoisotopic (exact) mass is 420 g/mol. The number of fused-ring (bicyclic) bond motifs is 1. The summed E-state index contributed by atoms with van der Waals surface area (Å²) in [6.07, 6.45) is 3.37. The number of pyridine rings is 1. The molecule has 5 rings (SSSR count). The van der Waals surface area contributed by atoms with E-state index in [9.17, 15) is 4.39 Å². The molecule has 31 heavy (non-hydrogen) atoms. The molecule has 1 saturated heterocycles. The summed E-state index contributed by atoms with van der Waals surface area (Å²) in [6, 6.07) is 9.98. The van der Waals surface area contributed by atoms with Crippen LogP contribution in [0.1, 0.15) is 0 Å². The van der Waals surface area contributed by atoms with Gasteiger partial charge < -0.3 is 31.0 Å². The summed E-state index contributed by atoms with van der Waals surface area (Å²) in [6.45, 7) is 3.43. The molecule has 0 amide bonds. The molecule has 9 nitrogen and oxygen atoms in total. The first kappa shape index (κ1) is 19.1. The van der Waals surface area contributed by atoms with Gasteiger partial charge >= 0.3 is 0 Å². The van der Waals surface area contributed by atoms with Crippen molar-refractivity contribution in [1.29, 1.82) is 0 Å². The molecule has 0 aliphatic carbocycles. The van der Waals surface area contributed by atoms with E-state index in [1.807, 2.05) is 12.1 Å². The van der Waals surface area contributed by atoms with Crippen LogP contribution in [-0.2, 0) is 0 Å². The standard InChI is InChI=1S/C21H21FN8O/c22-15-11-13(1-2-17(15)31-16-4-6-26-20-14(16)3-5-25-20)27-18-12-19(29-21(23)28-18)30-9-7-24-8-10-30/h1-6,11-12,24H,7-10H2,(H,25,26)(H3,23,27,28,29). The van der Waals surface area contributed by atoms with E-state index in [4.69, 9.17) is 10.5 Å². The van der Waals surface area contributed by atoms with Gasteiger partial charge in [0.2, 0.25) is 5.95 Å². The van der Waals surface area contributed by atoms with Crippen molar-refractivity contribution in [2.45, 2.75) is 0 Å². The van der Waals surface area contributed by atoms with Crippen LogP contribution in [0.15, 0.2) is 48.8 Å². The van der Waals surface area contributed by atoms with Crippen molar-refractivity contribution < 1.29 is 9.13 Å². The van der Waals surface area contributed by atoms with Gasteiger partial charge in [-0.25, -0.2) is 9.37 Å². The molecule has 0 bridgehead atoms. The fourth-order valence-corrected chi connectivity index (χ4v) is 3.52. The molecule has 0 unspecified atom stereocenters. The molecule has 4 aromatic rings. The van der Waals surface area contributed by atoms with Crippen molar-refractivity contribution in [2.24, 2.45) is 0 Å². The zero-order chi connectivity index (χ0) is 21.2. The van der Waals surface area contributed by atoms with Gasteiger partial charge in [-0.05, 0) is 24.3 Å². The lowest BCUT2D eigenvalue weighted by molar-refractivity contribution is 0.446. The first-order valence-electron chi connectivity index (χ1n) is 9.92. The maximum Gasteiger partial charge on any atom is 0.223 e. The fourth-order valence-electron chi connectivity index (χ4n) is 3.52. The van der Waals surface area contributed by atoms with Crippen LogP contribution in [0, 0.1) is 5.82 Å². The maximum absolute atomic E-state index is 14.8. The second kappa shape index (κ2) is 8.07. The molecule has 1 aromatic carbocycles. The number of rotatable bonds is 5. The number of aromatic amines is 1. The molecular weight excluding hydrogens is 399 g/mol. The van der Waals surface area contributed by atoms with Crippen LogP contribution in [0.3, 0.4) is 0 Å². The number of halogens is 1. The number of piperazine rings is 1. The molecule has 1 fully saturated rings. The minimum Gasteiger partial charge on any atom is -0.453 e. The van der Waals surface area contributed by atoms with Crippen LogP contribution in [0.5, 0.6) is 11.5 Å². The third kappa shape index (κ3) is 4.05. The van der Waals surface area contributed by atoms with Crippen LogP contribution in [0.2, 0.25) is 0 Å². The number of nitrogens with zero attached hydrogens (tertiary/aromatic N) is 4. The predicted molar refractivity (Wildman–Crippen MR) is 117 cm³/mol. The fraction of sp³-hybridized carbons (Fsp3) is 0.190. The highest BCUT2D eigenvalue weighted by Crippen LogP contribution is 2.31. The molecule has 0 spiro atoms. The van der Waals surface area contributed by atoms with Crippen molar-refractivity contribution in [3.8, 4) is 11.5 Å². The van der Waals surface area contributed by atoms with E-state index < -0.39 is 5.82 Å². The Kier molecular flexibility index (Phi) is 4.97. The summed E-state index contributed by atoms with van der Waals surface area (Å²) >= 11 is 0. The van der Waals surface area contributed by atoms with Crippen LogP contribution >= 0.6 is 0 Å². The van der Waals surface area contributed by atoms with Crippen LogP contribution < -0.4 is 26.0 Å². The minimum atomic E-state index is -0.505. The summed E-state index contributed by atoms with van der Waals surface area (Å²) in [5.74, 6) is 1.53. The topological polar surface area (TPSA) is 117 Å². The molecular formula is C21H21FN8O.